The molecule has 0 spiro atoms. The van der Waals surface area contributed by atoms with Crippen LogP contribution in [0.5, 0.6) is 5.75 Å². The van der Waals surface area contributed by atoms with Crippen LogP contribution >= 0.6 is 11.6 Å². The number of methoxy groups -OCH3 is 1. The maximum Gasteiger partial charge on any atom is 0.281 e. The van der Waals surface area contributed by atoms with Gasteiger partial charge < -0.3 is 9.30 Å². The lowest BCUT2D eigenvalue weighted by Gasteiger charge is -2.35. The van der Waals surface area contributed by atoms with Crippen molar-refractivity contribution in [1.82, 2.24) is 14.5 Å². The van der Waals surface area contributed by atoms with Crippen LogP contribution in [0.2, 0.25) is 5.02 Å². The Hall–Kier alpha value is -3.32. The molecule has 0 bridgehead atoms. The first-order valence-corrected chi connectivity index (χ1v) is 12.6. The van der Waals surface area contributed by atoms with Gasteiger partial charge in [-0.2, -0.15) is 0 Å². The number of hydrogen-bond donors (Lipinski definition) is 0. The molecule has 3 heterocycles. The van der Waals surface area contributed by atoms with Crippen molar-refractivity contribution in [3.63, 3.8) is 0 Å². The van der Waals surface area contributed by atoms with E-state index in [1.165, 1.54) is 0 Å². The summed E-state index contributed by atoms with van der Waals surface area (Å²) in [5.74, 6) is 2.97. The van der Waals surface area contributed by atoms with E-state index in [2.05, 4.69) is 21.6 Å². The monoisotopic (exact) mass is 489 g/mol. The van der Waals surface area contributed by atoms with Gasteiger partial charge in [0.2, 0.25) is 5.96 Å². The van der Waals surface area contributed by atoms with Gasteiger partial charge in [-0.05, 0) is 49.4 Å². The van der Waals surface area contributed by atoms with E-state index >= 15 is 0 Å². The van der Waals surface area contributed by atoms with Crippen molar-refractivity contribution < 1.29 is 9.53 Å². The highest BCUT2D eigenvalue weighted by molar-refractivity contribution is 6.32. The van der Waals surface area contributed by atoms with Crippen LogP contribution in [0, 0.1) is 0 Å². The van der Waals surface area contributed by atoms with Crippen molar-refractivity contribution in [2.75, 3.05) is 18.6 Å². The summed E-state index contributed by atoms with van der Waals surface area (Å²) in [6.45, 7) is 3.07. The van der Waals surface area contributed by atoms with Gasteiger partial charge in [-0.25, -0.2) is 9.98 Å². The van der Waals surface area contributed by atoms with E-state index in [1.807, 2.05) is 48.2 Å². The molecule has 35 heavy (non-hydrogen) atoms. The van der Waals surface area contributed by atoms with Gasteiger partial charge in [-0.3, -0.25) is 14.6 Å². The zero-order valence-electron chi connectivity index (χ0n) is 19.9. The minimum absolute atomic E-state index is 0.0381. The molecule has 2 atom stereocenters. The summed E-state index contributed by atoms with van der Waals surface area (Å²) in [5, 5.41) is 0.549. The van der Waals surface area contributed by atoms with Gasteiger partial charge in [0.05, 0.1) is 24.2 Å². The maximum atomic E-state index is 13.9. The minimum Gasteiger partial charge on any atom is -0.495 e. The molecule has 8 heteroatoms. The smallest absolute Gasteiger partial charge is 0.281 e. The molecule has 0 unspecified atom stereocenters. The fraction of sp³-hybridized carbons (Fsp3) is 0.370. The van der Waals surface area contributed by atoms with E-state index in [1.54, 1.807) is 7.11 Å². The average Bonchev–Trinajstić information content (AvgIpc) is 3.54. The third-order valence-electron chi connectivity index (χ3n) is 7.30. The van der Waals surface area contributed by atoms with Crippen molar-refractivity contribution >= 4 is 29.3 Å². The first kappa shape index (κ1) is 22.2. The fourth-order valence-corrected chi connectivity index (χ4v) is 5.91. The molecule has 2 aromatic carbocycles. The number of amides is 1. The molecule has 1 aliphatic carbocycles. The third kappa shape index (κ3) is 3.60. The van der Waals surface area contributed by atoms with E-state index in [0.717, 1.165) is 48.0 Å². The van der Waals surface area contributed by atoms with Gasteiger partial charge in [0, 0.05) is 19.5 Å². The Morgan fingerprint density at radius 2 is 1.94 bits per heavy atom. The van der Waals surface area contributed by atoms with E-state index in [-0.39, 0.29) is 18.0 Å². The second kappa shape index (κ2) is 8.72. The number of halogens is 1. The van der Waals surface area contributed by atoms with E-state index in [0.29, 0.717) is 36.0 Å². The third-order valence-corrected chi connectivity index (χ3v) is 7.59. The first-order chi connectivity index (χ1) is 17.1. The number of ether oxygens (including phenoxy) is 1. The highest BCUT2D eigenvalue weighted by Gasteiger charge is 2.49. The van der Waals surface area contributed by atoms with Gasteiger partial charge in [0.1, 0.15) is 11.6 Å². The van der Waals surface area contributed by atoms with Crippen molar-refractivity contribution in [1.29, 1.82) is 0 Å². The van der Waals surface area contributed by atoms with Gasteiger partial charge >= 0.3 is 0 Å². The normalized spacial score (nSPS) is 20.5. The molecule has 3 aromatic rings. The van der Waals surface area contributed by atoms with Crippen molar-refractivity contribution in [2.45, 2.75) is 51.2 Å². The molecular formula is C27H28ClN5O2. The molecule has 6 rings (SSSR count). The van der Waals surface area contributed by atoms with Crippen molar-refractivity contribution in [2.24, 2.45) is 4.99 Å². The number of imidazole rings is 1. The summed E-state index contributed by atoms with van der Waals surface area (Å²) >= 11 is 6.44. The fourth-order valence-electron chi connectivity index (χ4n) is 5.63. The number of carbonyl (C=O) groups is 1. The Kier molecular flexibility index (Phi) is 5.52. The molecular weight excluding hydrogens is 462 g/mol. The molecule has 7 nitrogen and oxygen atoms in total. The number of aliphatic imine (C=N–C) groups is 1. The zero-order chi connectivity index (χ0) is 24.1. The molecule has 180 valence electrons. The van der Waals surface area contributed by atoms with E-state index < -0.39 is 0 Å². The summed E-state index contributed by atoms with van der Waals surface area (Å²) in [6, 6.07) is 16.5. The number of carbonyl (C=O) groups excluding carboxylic acids is 1. The summed E-state index contributed by atoms with van der Waals surface area (Å²) < 4.78 is 7.40. The van der Waals surface area contributed by atoms with Crippen LogP contribution in [0.25, 0.3) is 0 Å². The molecule has 0 N–H and O–H groups in total. The van der Waals surface area contributed by atoms with E-state index in [9.17, 15) is 4.79 Å². The molecule has 1 fully saturated rings. The van der Waals surface area contributed by atoms with Crippen LogP contribution < -0.4 is 9.64 Å². The Bertz CT molecular complexity index is 1320. The van der Waals surface area contributed by atoms with Crippen LogP contribution in [-0.2, 0) is 13.0 Å². The lowest BCUT2D eigenvalue weighted by atomic mass is 10.1. The molecule has 3 aliphatic rings. The summed E-state index contributed by atoms with van der Waals surface area (Å²) in [5.41, 5.74) is 2.77. The average molecular weight is 490 g/mol. The Morgan fingerprint density at radius 3 is 2.69 bits per heavy atom. The number of nitrogens with zero attached hydrogens (tertiary/aromatic N) is 5. The van der Waals surface area contributed by atoms with Crippen LogP contribution in [-0.4, -0.2) is 52.1 Å². The highest BCUT2D eigenvalue weighted by Crippen LogP contribution is 2.41. The predicted octanol–water partition coefficient (Wildman–Crippen LogP) is 4.76. The Morgan fingerprint density at radius 1 is 1.11 bits per heavy atom. The SMILES string of the molecule is CCN1C(=O)c2c(nc(Cc3ccccc3)n2Cc2ccc(OC)c(Cl)c2)N2C1=N[C@@H]1CCC[C@@H]12. The number of aromatic nitrogens is 2. The van der Waals surface area contributed by atoms with Gasteiger partial charge in [0.15, 0.2) is 11.5 Å². The van der Waals surface area contributed by atoms with Crippen molar-refractivity contribution in [3.05, 3.63) is 76.2 Å². The van der Waals surface area contributed by atoms with Gasteiger partial charge in [-0.15, -0.1) is 0 Å². The standard InChI is InChI=1S/C27H28ClN5O2/c1-3-31-26(34)24-25(33-21-11-7-10-20(21)29-27(31)33)30-23(15-17-8-5-4-6-9-17)32(24)16-18-12-13-22(35-2)19(28)14-18/h4-6,8-9,12-14,20-21H,3,7,10-11,15-16H2,1-2H3/t20-,21+/m1/s1. The molecule has 0 saturated heterocycles. The predicted molar refractivity (Wildman–Crippen MR) is 137 cm³/mol. The lowest BCUT2D eigenvalue weighted by Crippen LogP contribution is -2.53. The van der Waals surface area contributed by atoms with Crippen molar-refractivity contribution in [3.8, 4) is 5.75 Å². The Balaban J connectivity index is 1.49. The first-order valence-electron chi connectivity index (χ1n) is 12.2. The van der Waals surface area contributed by atoms with Crippen LogP contribution in [0.1, 0.15) is 53.6 Å². The number of guanidine groups is 1. The number of anilines is 1. The molecule has 2 aliphatic heterocycles. The highest BCUT2D eigenvalue weighted by atomic mass is 35.5. The van der Waals surface area contributed by atoms with Gasteiger partial charge in [0.25, 0.3) is 5.91 Å². The molecule has 1 aromatic heterocycles. The largest absolute Gasteiger partial charge is 0.495 e. The molecule has 0 radical (unpaired) electrons. The summed E-state index contributed by atoms with van der Waals surface area (Å²) in [7, 11) is 1.61. The summed E-state index contributed by atoms with van der Waals surface area (Å²) in [4.78, 5) is 28.0. The molecule has 1 saturated carbocycles. The minimum atomic E-state index is -0.0381. The number of rotatable bonds is 6. The molecule has 1 amide bonds. The van der Waals surface area contributed by atoms with Gasteiger partial charge in [-0.1, -0.05) is 48.0 Å². The Labute approximate surface area is 210 Å². The topological polar surface area (TPSA) is 63.0 Å². The van der Waals surface area contributed by atoms with Crippen LogP contribution in [0.3, 0.4) is 0 Å². The van der Waals surface area contributed by atoms with E-state index in [4.69, 9.17) is 26.3 Å². The lowest BCUT2D eigenvalue weighted by molar-refractivity contribution is 0.0835. The number of fused-ring (bicyclic) bond motifs is 5. The second-order valence-corrected chi connectivity index (χ2v) is 9.74. The quantitative estimate of drug-likeness (QED) is 0.501. The second-order valence-electron chi connectivity index (χ2n) is 9.33. The number of hydrogen-bond acceptors (Lipinski definition) is 5. The zero-order valence-corrected chi connectivity index (χ0v) is 20.7. The summed E-state index contributed by atoms with van der Waals surface area (Å²) in [6.07, 6.45) is 3.91. The van der Waals surface area contributed by atoms with Crippen LogP contribution in [0.15, 0.2) is 53.5 Å². The van der Waals surface area contributed by atoms with Crippen LogP contribution in [0.4, 0.5) is 5.82 Å². The maximum absolute atomic E-state index is 13.9. The number of benzene rings is 2.